The molecule has 1 amide bonds. The van der Waals surface area contributed by atoms with E-state index in [0.717, 1.165) is 17.7 Å². The van der Waals surface area contributed by atoms with E-state index in [-0.39, 0.29) is 18.0 Å². The lowest BCUT2D eigenvalue weighted by Crippen LogP contribution is -2.26. The maximum absolute atomic E-state index is 13.3. The van der Waals surface area contributed by atoms with Crippen molar-refractivity contribution < 1.29 is 31.5 Å². The van der Waals surface area contributed by atoms with Crippen LogP contribution in [0.3, 0.4) is 0 Å². The molecule has 0 aliphatic carbocycles. The van der Waals surface area contributed by atoms with Gasteiger partial charge in [-0.05, 0) is 60.5 Å². The zero-order valence-electron chi connectivity index (χ0n) is 16.0. The second-order valence-electron chi connectivity index (χ2n) is 6.61. The number of carbonyl (C=O) groups excluding carboxylic acids is 1. The molecule has 3 aromatic rings. The number of halogens is 5. The number of nitrogens with one attached hydrogen (secondary N) is 1. The number of alkyl halides is 3. The summed E-state index contributed by atoms with van der Waals surface area (Å²) in [6.07, 6.45) is -4.51. The quantitative estimate of drug-likeness (QED) is 0.506. The first-order valence-electron chi connectivity index (χ1n) is 9.20. The van der Waals surface area contributed by atoms with Gasteiger partial charge in [0.1, 0.15) is 11.6 Å². The number of rotatable bonds is 7. The molecule has 3 aromatic carbocycles. The van der Waals surface area contributed by atoms with Crippen LogP contribution in [0.25, 0.3) is 0 Å². The van der Waals surface area contributed by atoms with E-state index in [1.165, 1.54) is 36.4 Å². The predicted molar refractivity (Wildman–Crippen MR) is 102 cm³/mol. The smallest absolute Gasteiger partial charge is 0.406 e. The standard InChI is InChI=1S/C23H16F5NO2/c24-18-8-4-15(5-9-18)21(16-6-10-19(25)11-7-16)12-13-29-22(30)17-2-1-3-20(14-17)31-23(26,27)28/h1-6,8-10,14,21H,12-13H2,(H,29,30). The topological polar surface area (TPSA) is 38.3 Å². The molecule has 0 spiro atoms. The molecule has 0 saturated heterocycles. The molecular formula is C23H16F5NO2. The highest BCUT2D eigenvalue weighted by molar-refractivity contribution is 5.94. The van der Waals surface area contributed by atoms with Gasteiger partial charge in [-0.3, -0.25) is 4.79 Å². The van der Waals surface area contributed by atoms with Gasteiger partial charge in [0.05, 0.1) is 0 Å². The van der Waals surface area contributed by atoms with E-state index in [9.17, 15) is 26.7 Å². The first kappa shape index (κ1) is 22.1. The maximum atomic E-state index is 13.3. The molecule has 0 bridgehead atoms. The van der Waals surface area contributed by atoms with Crippen LogP contribution in [0.15, 0.2) is 60.7 Å². The van der Waals surface area contributed by atoms with Gasteiger partial charge in [-0.1, -0.05) is 24.3 Å². The molecule has 8 heteroatoms. The third kappa shape index (κ3) is 6.44. The number of amides is 1. The van der Waals surface area contributed by atoms with Crippen molar-refractivity contribution in [1.82, 2.24) is 5.32 Å². The lowest BCUT2D eigenvalue weighted by molar-refractivity contribution is -0.274. The molecule has 31 heavy (non-hydrogen) atoms. The summed E-state index contributed by atoms with van der Waals surface area (Å²) in [6, 6.07) is 18.3. The van der Waals surface area contributed by atoms with Crippen molar-refractivity contribution in [3.63, 3.8) is 0 Å². The van der Waals surface area contributed by atoms with Gasteiger partial charge in [0.2, 0.25) is 0 Å². The van der Waals surface area contributed by atoms with Crippen LogP contribution >= 0.6 is 0 Å². The van der Waals surface area contributed by atoms with Crippen molar-refractivity contribution in [2.45, 2.75) is 18.7 Å². The lowest BCUT2D eigenvalue weighted by Gasteiger charge is -2.17. The summed E-state index contributed by atoms with van der Waals surface area (Å²) in [4.78, 5) is 12.3. The summed E-state index contributed by atoms with van der Waals surface area (Å²) in [5.41, 5.74) is 1.33. The SMILES string of the molecule is O=C(NCCC(c1c#cc(F)cc1)c1ccc(F)cc1)c1cccc(OC(F)(F)F)c1. The summed E-state index contributed by atoms with van der Waals surface area (Å²) >= 11 is 0. The summed E-state index contributed by atoms with van der Waals surface area (Å²) < 4.78 is 67.4. The number of carbonyl (C=O) groups is 1. The van der Waals surface area contributed by atoms with Crippen molar-refractivity contribution in [2.24, 2.45) is 0 Å². The van der Waals surface area contributed by atoms with Crippen LogP contribution in [-0.2, 0) is 0 Å². The van der Waals surface area contributed by atoms with Crippen molar-refractivity contribution in [3.8, 4) is 5.75 Å². The van der Waals surface area contributed by atoms with E-state index in [4.69, 9.17) is 0 Å². The van der Waals surface area contributed by atoms with E-state index < -0.39 is 29.7 Å². The van der Waals surface area contributed by atoms with Crippen LogP contribution in [0.2, 0.25) is 0 Å². The van der Waals surface area contributed by atoms with Gasteiger partial charge >= 0.3 is 6.36 Å². The minimum absolute atomic E-state index is 0.00163. The Hall–Kier alpha value is -3.60. The molecule has 160 valence electrons. The van der Waals surface area contributed by atoms with Crippen molar-refractivity contribution >= 4 is 5.91 Å². The molecule has 1 N–H and O–H groups in total. The Balaban J connectivity index is 1.69. The zero-order chi connectivity index (χ0) is 22.4. The zero-order valence-corrected chi connectivity index (χ0v) is 16.0. The van der Waals surface area contributed by atoms with Crippen molar-refractivity contribution in [3.05, 3.63) is 101 Å². The van der Waals surface area contributed by atoms with Gasteiger partial charge in [-0.2, -0.15) is 4.39 Å². The molecule has 0 saturated carbocycles. The second kappa shape index (κ2) is 9.47. The third-order valence-electron chi connectivity index (χ3n) is 4.43. The van der Waals surface area contributed by atoms with E-state index >= 15 is 0 Å². The molecule has 0 heterocycles. The maximum Gasteiger partial charge on any atom is 0.573 e. The van der Waals surface area contributed by atoms with E-state index in [1.54, 1.807) is 12.1 Å². The Morgan fingerprint density at radius 1 is 1.00 bits per heavy atom. The fraction of sp³-hybridized carbons (Fsp3) is 0.174. The largest absolute Gasteiger partial charge is 0.573 e. The summed E-state index contributed by atoms with van der Waals surface area (Å²) in [6.45, 7) is 0.149. The Labute approximate surface area is 175 Å². The molecule has 3 nitrogen and oxygen atoms in total. The molecule has 0 fully saturated rings. The van der Waals surface area contributed by atoms with Gasteiger partial charge in [0.25, 0.3) is 5.91 Å². The number of benzene rings is 2. The molecule has 1 atom stereocenters. The molecule has 0 aliphatic heterocycles. The van der Waals surface area contributed by atoms with Crippen molar-refractivity contribution in [1.29, 1.82) is 0 Å². The highest BCUT2D eigenvalue weighted by Gasteiger charge is 2.31. The molecule has 0 aromatic heterocycles. The molecule has 0 radical (unpaired) electrons. The summed E-state index contributed by atoms with van der Waals surface area (Å²) in [5.74, 6) is -2.40. The molecule has 0 aliphatic rings. The van der Waals surface area contributed by atoms with Crippen LogP contribution in [0.5, 0.6) is 5.75 Å². The Bertz CT molecular complexity index is 972. The molecule has 3 rings (SSSR count). The van der Waals surface area contributed by atoms with Crippen LogP contribution in [0.1, 0.15) is 33.8 Å². The monoisotopic (exact) mass is 433 g/mol. The normalized spacial score (nSPS) is 11.2. The molecular weight excluding hydrogens is 417 g/mol. The van der Waals surface area contributed by atoms with Crippen molar-refractivity contribution in [2.75, 3.05) is 6.54 Å². The second-order valence-corrected chi connectivity index (χ2v) is 6.61. The number of hydrogen-bond donors (Lipinski definition) is 1. The van der Waals surface area contributed by atoms with Crippen LogP contribution in [0.4, 0.5) is 22.0 Å². The predicted octanol–water partition coefficient (Wildman–Crippen LogP) is 5.42. The van der Waals surface area contributed by atoms with Crippen LogP contribution in [-0.4, -0.2) is 18.8 Å². The number of ether oxygens (including phenoxy) is 1. The van der Waals surface area contributed by atoms with Gasteiger partial charge < -0.3 is 10.1 Å². The summed E-state index contributed by atoms with van der Waals surface area (Å²) in [5, 5.41) is 2.63. The first-order chi connectivity index (χ1) is 14.7. The third-order valence-corrected chi connectivity index (χ3v) is 4.43. The average molecular weight is 433 g/mol. The van der Waals surface area contributed by atoms with Crippen LogP contribution in [0, 0.1) is 23.8 Å². The van der Waals surface area contributed by atoms with E-state index in [1.807, 2.05) is 0 Å². The van der Waals surface area contributed by atoms with Gasteiger partial charge in [-0.25, -0.2) is 4.39 Å². The highest BCUT2D eigenvalue weighted by Crippen LogP contribution is 2.27. The summed E-state index contributed by atoms with van der Waals surface area (Å²) in [7, 11) is 0. The van der Waals surface area contributed by atoms with E-state index in [0.29, 0.717) is 12.0 Å². The van der Waals surface area contributed by atoms with Gasteiger partial charge in [0, 0.05) is 23.6 Å². The Morgan fingerprint density at radius 2 is 1.74 bits per heavy atom. The minimum Gasteiger partial charge on any atom is -0.406 e. The van der Waals surface area contributed by atoms with Gasteiger partial charge in [0.15, 0.2) is 5.82 Å². The van der Waals surface area contributed by atoms with Crippen LogP contribution < -0.4 is 10.1 Å². The first-order valence-corrected chi connectivity index (χ1v) is 9.20. The van der Waals surface area contributed by atoms with Gasteiger partial charge in [-0.15, -0.1) is 13.2 Å². The average Bonchev–Trinajstić information content (AvgIpc) is 2.72. The Morgan fingerprint density at radius 3 is 2.39 bits per heavy atom. The fourth-order valence-corrected chi connectivity index (χ4v) is 3.04. The Kier molecular flexibility index (Phi) is 6.75. The highest BCUT2D eigenvalue weighted by atomic mass is 19.4. The van der Waals surface area contributed by atoms with E-state index in [2.05, 4.69) is 22.2 Å². The molecule has 1 unspecified atom stereocenters. The lowest BCUT2D eigenvalue weighted by atomic mass is 9.89. The minimum atomic E-state index is -4.86. The number of hydrogen-bond acceptors (Lipinski definition) is 2. The fourth-order valence-electron chi connectivity index (χ4n) is 3.04.